The van der Waals surface area contributed by atoms with Crippen molar-refractivity contribution in [3.8, 4) is 0 Å². The fraction of sp³-hybridized carbons (Fsp3) is 0.556. The molecule has 0 saturated carbocycles. The van der Waals surface area contributed by atoms with E-state index in [0.717, 1.165) is 18.5 Å². The molecule has 1 saturated heterocycles. The third-order valence-corrected chi connectivity index (χ3v) is 5.01. The van der Waals surface area contributed by atoms with E-state index in [1.54, 1.807) is 9.80 Å². The summed E-state index contributed by atoms with van der Waals surface area (Å²) < 4.78 is 0. The normalized spacial score (nSPS) is 24.5. The van der Waals surface area contributed by atoms with Gasteiger partial charge in [-0.3, -0.25) is 9.59 Å². The number of aliphatic hydroxyl groups excluding tert-OH is 1. The summed E-state index contributed by atoms with van der Waals surface area (Å²) in [7, 11) is 0. The zero-order valence-corrected chi connectivity index (χ0v) is 13.6. The van der Waals surface area contributed by atoms with Crippen molar-refractivity contribution >= 4 is 17.5 Å². The molecule has 1 aromatic rings. The largest absolute Gasteiger partial charge is 0.391 e. The van der Waals surface area contributed by atoms with E-state index in [0.29, 0.717) is 32.5 Å². The second-order valence-corrected chi connectivity index (χ2v) is 6.60. The summed E-state index contributed by atoms with van der Waals surface area (Å²) in [6.07, 6.45) is 1.98. The van der Waals surface area contributed by atoms with Crippen LogP contribution in [-0.4, -0.2) is 47.6 Å². The molecule has 5 nitrogen and oxygen atoms in total. The van der Waals surface area contributed by atoms with E-state index in [-0.39, 0.29) is 17.7 Å². The number of aryl methyl sites for hydroxylation is 1. The molecule has 0 aromatic heterocycles. The first kappa shape index (κ1) is 16.0. The van der Waals surface area contributed by atoms with Gasteiger partial charge in [0, 0.05) is 38.2 Å². The van der Waals surface area contributed by atoms with Crippen molar-refractivity contribution in [2.24, 2.45) is 5.92 Å². The molecule has 1 fully saturated rings. The third kappa shape index (κ3) is 3.39. The number of amides is 2. The number of hydrogen-bond donors (Lipinski definition) is 1. The summed E-state index contributed by atoms with van der Waals surface area (Å²) in [4.78, 5) is 28.1. The number of piperidine rings is 1. The van der Waals surface area contributed by atoms with Gasteiger partial charge in [0.2, 0.25) is 11.8 Å². The molecule has 0 spiro atoms. The molecule has 0 aliphatic carbocycles. The highest BCUT2D eigenvalue weighted by Gasteiger charge is 2.29. The molecule has 0 bridgehead atoms. The zero-order chi connectivity index (χ0) is 16.4. The predicted octanol–water partition coefficient (Wildman–Crippen LogP) is 1.59. The Kier molecular flexibility index (Phi) is 4.66. The third-order valence-electron chi connectivity index (χ3n) is 5.01. The van der Waals surface area contributed by atoms with Crippen LogP contribution in [0.2, 0.25) is 0 Å². The Balaban J connectivity index is 1.62. The van der Waals surface area contributed by atoms with E-state index in [1.165, 1.54) is 5.56 Å². The standard InChI is InChI=1S/C18H24N2O3/c1-13-8-10-19(12-16(13)21)17(22)9-11-20-15-5-3-2-4-14(15)6-7-18(20)23/h2-5,13,16,21H,6-12H2,1H3. The van der Waals surface area contributed by atoms with Gasteiger partial charge in [0.1, 0.15) is 0 Å². The highest BCUT2D eigenvalue weighted by molar-refractivity contribution is 5.97. The van der Waals surface area contributed by atoms with Gasteiger partial charge in [-0.1, -0.05) is 25.1 Å². The van der Waals surface area contributed by atoms with Crippen LogP contribution < -0.4 is 4.90 Å². The molecule has 1 N–H and O–H groups in total. The minimum atomic E-state index is -0.440. The molecule has 3 rings (SSSR count). The first-order valence-corrected chi connectivity index (χ1v) is 8.40. The highest BCUT2D eigenvalue weighted by atomic mass is 16.3. The first-order valence-electron chi connectivity index (χ1n) is 8.40. The van der Waals surface area contributed by atoms with Crippen LogP contribution in [-0.2, 0) is 16.0 Å². The molecule has 2 aliphatic rings. The number of carbonyl (C=O) groups excluding carboxylic acids is 2. The lowest BCUT2D eigenvalue weighted by Crippen LogP contribution is -2.47. The van der Waals surface area contributed by atoms with E-state index in [2.05, 4.69) is 0 Å². The molecule has 1 aromatic carbocycles. The maximum Gasteiger partial charge on any atom is 0.227 e. The maximum atomic E-state index is 12.4. The van der Waals surface area contributed by atoms with Gasteiger partial charge >= 0.3 is 0 Å². The number of likely N-dealkylation sites (tertiary alicyclic amines) is 1. The number of hydrogen-bond acceptors (Lipinski definition) is 3. The van der Waals surface area contributed by atoms with Gasteiger partial charge in [-0.05, 0) is 30.4 Å². The van der Waals surface area contributed by atoms with E-state index in [4.69, 9.17) is 0 Å². The number of nitrogens with zero attached hydrogens (tertiary/aromatic N) is 2. The van der Waals surface area contributed by atoms with Crippen LogP contribution in [0.5, 0.6) is 0 Å². The SMILES string of the molecule is CC1CCN(C(=O)CCN2C(=O)CCc3ccccc32)CC1O. The van der Waals surface area contributed by atoms with Crippen LogP contribution in [0.15, 0.2) is 24.3 Å². The van der Waals surface area contributed by atoms with E-state index in [1.807, 2.05) is 31.2 Å². The Morgan fingerprint density at radius 2 is 2.09 bits per heavy atom. The fourth-order valence-corrected chi connectivity index (χ4v) is 3.38. The van der Waals surface area contributed by atoms with Crippen molar-refractivity contribution in [3.05, 3.63) is 29.8 Å². The maximum absolute atomic E-state index is 12.4. The van der Waals surface area contributed by atoms with E-state index < -0.39 is 6.10 Å². The van der Waals surface area contributed by atoms with Gasteiger partial charge in [0.25, 0.3) is 0 Å². The van der Waals surface area contributed by atoms with Gasteiger partial charge in [0.05, 0.1) is 6.10 Å². The lowest BCUT2D eigenvalue weighted by molar-refractivity contribution is -0.135. The minimum Gasteiger partial charge on any atom is -0.391 e. The number of aliphatic hydroxyl groups is 1. The van der Waals surface area contributed by atoms with Crippen LogP contribution in [0.4, 0.5) is 5.69 Å². The predicted molar refractivity (Wildman–Crippen MR) is 88.1 cm³/mol. The van der Waals surface area contributed by atoms with Crippen molar-refractivity contribution < 1.29 is 14.7 Å². The number of β-amino-alcohol motifs (C(OH)–C–C–N with tert-alkyl or cyclic N) is 1. The van der Waals surface area contributed by atoms with Gasteiger partial charge in [-0.2, -0.15) is 0 Å². The van der Waals surface area contributed by atoms with Gasteiger partial charge in [0.15, 0.2) is 0 Å². The molecular weight excluding hydrogens is 292 g/mol. The quantitative estimate of drug-likeness (QED) is 0.921. The summed E-state index contributed by atoms with van der Waals surface area (Å²) in [5.74, 6) is 0.352. The summed E-state index contributed by atoms with van der Waals surface area (Å²) in [6.45, 7) is 3.53. The zero-order valence-electron chi connectivity index (χ0n) is 13.6. The van der Waals surface area contributed by atoms with Crippen LogP contribution in [0.3, 0.4) is 0 Å². The average Bonchev–Trinajstić information content (AvgIpc) is 2.56. The van der Waals surface area contributed by atoms with E-state index >= 15 is 0 Å². The van der Waals surface area contributed by atoms with Crippen molar-refractivity contribution in [2.75, 3.05) is 24.5 Å². The van der Waals surface area contributed by atoms with Crippen LogP contribution in [0.1, 0.15) is 31.7 Å². The van der Waals surface area contributed by atoms with Gasteiger partial charge in [-0.25, -0.2) is 0 Å². The molecule has 2 aliphatic heterocycles. The molecule has 124 valence electrons. The second kappa shape index (κ2) is 6.71. The van der Waals surface area contributed by atoms with Crippen LogP contribution in [0, 0.1) is 5.92 Å². The summed E-state index contributed by atoms with van der Waals surface area (Å²) in [6, 6.07) is 7.89. The Hall–Kier alpha value is -1.88. The summed E-state index contributed by atoms with van der Waals surface area (Å²) >= 11 is 0. The number of para-hydroxylation sites is 1. The number of fused-ring (bicyclic) bond motifs is 1. The van der Waals surface area contributed by atoms with Gasteiger partial charge < -0.3 is 14.9 Å². The molecule has 23 heavy (non-hydrogen) atoms. The fourth-order valence-electron chi connectivity index (χ4n) is 3.38. The summed E-state index contributed by atoms with van der Waals surface area (Å²) in [5, 5.41) is 9.93. The Labute approximate surface area is 136 Å². The first-order chi connectivity index (χ1) is 11.1. The van der Waals surface area contributed by atoms with Crippen molar-refractivity contribution in [2.45, 2.75) is 38.7 Å². The second-order valence-electron chi connectivity index (χ2n) is 6.60. The van der Waals surface area contributed by atoms with Crippen LogP contribution >= 0.6 is 0 Å². The Bertz CT molecular complexity index is 602. The van der Waals surface area contributed by atoms with Crippen LogP contribution in [0.25, 0.3) is 0 Å². The highest BCUT2D eigenvalue weighted by Crippen LogP contribution is 2.27. The number of carbonyl (C=O) groups is 2. The minimum absolute atomic E-state index is 0.0202. The molecular formula is C18H24N2O3. The molecule has 5 heteroatoms. The Morgan fingerprint density at radius 3 is 2.87 bits per heavy atom. The number of rotatable bonds is 3. The molecule has 2 atom stereocenters. The van der Waals surface area contributed by atoms with Crippen molar-refractivity contribution in [1.29, 1.82) is 0 Å². The summed E-state index contributed by atoms with van der Waals surface area (Å²) in [5.41, 5.74) is 2.10. The number of benzene rings is 1. The van der Waals surface area contributed by atoms with E-state index in [9.17, 15) is 14.7 Å². The molecule has 2 unspecified atom stereocenters. The van der Waals surface area contributed by atoms with Crippen molar-refractivity contribution in [1.82, 2.24) is 4.90 Å². The smallest absolute Gasteiger partial charge is 0.227 e. The topological polar surface area (TPSA) is 60.9 Å². The molecule has 0 radical (unpaired) electrons. The average molecular weight is 316 g/mol. The monoisotopic (exact) mass is 316 g/mol. The Morgan fingerprint density at radius 1 is 1.30 bits per heavy atom. The molecule has 2 amide bonds. The molecule has 2 heterocycles. The lowest BCUT2D eigenvalue weighted by atomic mass is 9.96. The van der Waals surface area contributed by atoms with Crippen molar-refractivity contribution in [3.63, 3.8) is 0 Å². The van der Waals surface area contributed by atoms with Gasteiger partial charge in [-0.15, -0.1) is 0 Å². The lowest BCUT2D eigenvalue weighted by Gasteiger charge is -2.35. The number of anilines is 1.